The molecule has 15 heavy (non-hydrogen) atoms. The van der Waals surface area contributed by atoms with Gasteiger partial charge in [0.05, 0.1) is 6.20 Å². The summed E-state index contributed by atoms with van der Waals surface area (Å²) in [5.41, 5.74) is 2.37. The normalized spacial score (nSPS) is 15.1. The van der Waals surface area contributed by atoms with E-state index in [9.17, 15) is 0 Å². The number of hydrogen-bond donors (Lipinski definition) is 2. The van der Waals surface area contributed by atoms with E-state index in [0.29, 0.717) is 6.04 Å². The van der Waals surface area contributed by atoms with Crippen molar-refractivity contribution in [2.75, 3.05) is 0 Å². The molecule has 0 radical (unpaired) electrons. The first-order valence-electron chi connectivity index (χ1n) is 5.18. The molecule has 2 N–H and O–H groups in total. The molecular formula is C10H16N4S. The highest BCUT2D eigenvalue weighted by Crippen LogP contribution is 2.18. The topological polar surface area (TPSA) is 41.9 Å². The zero-order valence-electron chi connectivity index (χ0n) is 9.08. The molecule has 0 bridgehead atoms. The lowest BCUT2D eigenvalue weighted by Crippen LogP contribution is -2.36. The van der Waals surface area contributed by atoms with Gasteiger partial charge >= 0.3 is 0 Å². The van der Waals surface area contributed by atoms with Gasteiger partial charge in [0.2, 0.25) is 0 Å². The van der Waals surface area contributed by atoms with Gasteiger partial charge in [-0.05, 0) is 32.0 Å². The van der Waals surface area contributed by atoms with Gasteiger partial charge in [-0.3, -0.25) is 4.68 Å². The summed E-state index contributed by atoms with van der Waals surface area (Å²) in [6, 6.07) is 0.611. The first-order chi connectivity index (χ1) is 7.16. The summed E-state index contributed by atoms with van der Waals surface area (Å²) in [6.07, 6.45) is 4.36. The minimum atomic E-state index is 0.611. The van der Waals surface area contributed by atoms with E-state index in [1.54, 1.807) is 0 Å². The molecule has 82 valence electrons. The predicted octanol–water partition coefficient (Wildman–Crippen LogP) is 0.855. The van der Waals surface area contributed by atoms with Gasteiger partial charge in [0.25, 0.3) is 0 Å². The fraction of sp³-hybridized carbons (Fsp3) is 0.600. The summed E-state index contributed by atoms with van der Waals surface area (Å²) < 4.78 is 1.87. The second-order valence-corrected chi connectivity index (χ2v) is 4.39. The summed E-state index contributed by atoms with van der Waals surface area (Å²) in [7, 11) is 1.94. The van der Waals surface area contributed by atoms with Crippen LogP contribution in [-0.2, 0) is 13.6 Å². The fourth-order valence-electron chi connectivity index (χ4n) is 1.36. The molecule has 1 fully saturated rings. The summed E-state index contributed by atoms with van der Waals surface area (Å²) in [4.78, 5) is 0. The standard InChI is InChI=1S/C10H16N4S/c1-7-8(6-12-14(7)2)5-11-10(15)13-9-3-4-9/h6,9H,3-5H2,1-2H3,(H2,11,13,15). The van der Waals surface area contributed by atoms with Gasteiger partial charge in [0.1, 0.15) is 0 Å². The predicted molar refractivity (Wildman–Crippen MR) is 63.5 cm³/mol. The number of nitrogens with zero attached hydrogens (tertiary/aromatic N) is 2. The third kappa shape index (κ3) is 2.68. The van der Waals surface area contributed by atoms with Crippen molar-refractivity contribution in [2.24, 2.45) is 7.05 Å². The number of hydrogen-bond acceptors (Lipinski definition) is 2. The van der Waals surface area contributed by atoms with Crippen LogP contribution in [0.15, 0.2) is 6.20 Å². The quantitative estimate of drug-likeness (QED) is 0.747. The smallest absolute Gasteiger partial charge is 0.166 e. The second-order valence-electron chi connectivity index (χ2n) is 3.98. The molecule has 2 rings (SSSR count). The Morgan fingerprint density at radius 2 is 2.40 bits per heavy atom. The van der Waals surface area contributed by atoms with E-state index in [1.165, 1.54) is 24.1 Å². The Bertz CT molecular complexity index is 367. The van der Waals surface area contributed by atoms with Crippen molar-refractivity contribution in [1.82, 2.24) is 20.4 Å². The molecule has 4 nitrogen and oxygen atoms in total. The van der Waals surface area contributed by atoms with Crippen LogP contribution in [0.1, 0.15) is 24.1 Å². The van der Waals surface area contributed by atoms with Crippen molar-refractivity contribution < 1.29 is 0 Å². The Hall–Kier alpha value is -1.10. The average molecular weight is 224 g/mol. The Morgan fingerprint density at radius 3 is 2.93 bits per heavy atom. The highest BCUT2D eigenvalue weighted by Gasteiger charge is 2.21. The van der Waals surface area contributed by atoms with Crippen LogP contribution < -0.4 is 10.6 Å². The van der Waals surface area contributed by atoms with Crippen molar-refractivity contribution >= 4 is 17.3 Å². The van der Waals surface area contributed by atoms with Crippen LogP contribution in [0.5, 0.6) is 0 Å². The summed E-state index contributed by atoms with van der Waals surface area (Å²) >= 11 is 5.17. The molecule has 0 spiro atoms. The van der Waals surface area contributed by atoms with Gasteiger partial charge in [-0.25, -0.2) is 0 Å². The minimum absolute atomic E-state index is 0.611. The number of aromatic nitrogens is 2. The number of thiocarbonyl (C=S) groups is 1. The van der Waals surface area contributed by atoms with Gasteiger partial charge in [0.15, 0.2) is 5.11 Å². The molecular weight excluding hydrogens is 208 g/mol. The molecule has 1 aliphatic carbocycles. The SMILES string of the molecule is Cc1c(CNC(=S)NC2CC2)cnn1C. The van der Waals surface area contributed by atoms with Crippen LogP contribution in [0.2, 0.25) is 0 Å². The first-order valence-corrected chi connectivity index (χ1v) is 5.59. The lowest BCUT2D eigenvalue weighted by Gasteiger charge is -2.08. The fourth-order valence-corrected chi connectivity index (χ4v) is 1.60. The number of aryl methyl sites for hydroxylation is 1. The van der Waals surface area contributed by atoms with Crippen LogP contribution in [0, 0.1) is 6.92 Å². The lowest BCUT2D eigenvalue weighted by atomic mass is 10.2. The van der Waals surface area contributed by atoms with E-state index >= 15 is 0 Å². The van der Waals surface area contributed by atoms with Crippen molar-refractivity contribution in [3.8, 4) is 0 Å². The zero-order chi connectivity index (χ0) is 10.8. The molecule has 5 heteroatoms. The van der Waals surface area contributed by atoms with Gasteiger partial charge in [0, 0.05) is 30.9 Å². The van der Waals surface area contributed by atoms with Gasteiger partial charge in [-0.15, -0.1) is 0 Å². The van der Waals surface area contributed by atoms with Crippen molar-refractivity contribution in [3.63, 3.8) is 0 Å². The van der Waals surface area contributed by atoms with E-state index in [2.05, 4.69) is 22.7 Å². The van der Waals surface area contributed by atoms with Crippen LogP contribution in [-0.4, -0.2) is 20.9 Å². The minimum Gasteiger partial charge on any atom is -0.360 e. The third-order valence-corrected chi connectivity index (χ3v) is 2.95. The maximum absolute atomic E-state index is 5.17. The van der Waals surface area contributed by atoms with E-state index < -0.39 is 0 Å². The Labute approximate surface area is 95.0 Å². The molecule has 0 aliphatic heterocycles. The van der Waals surface area contributed by atoms with Gasteiger partial charge < -0.3 is 10.6 Å². The van der Waals surface area contributed by atoms with E-state index in [1.807, 2.05) is 17.9 Å². The van der Waals surface area contributed by atoms with E-state index in [0.717, 1.165) is 11.7 Å². The van der Waals surface area contributed by atoms with Crippen LogP contribution in [0.3, 0.4) is 0 Å². The van der Waals surface area contributed by atoms with Crippen molar-refractivity contribution in [1.29, 1.82) is 0 Å². The van der Waals surface area contributed by atoms with E-state index in [-0.39, 0.29) is 0 Å². The Morgan fingerprint density at radius 1 is 1.67 bits per heavy atom. The van der Waals surface area contributed by atoms with Crippen molar-refractivity contribution in [2.45, 2.75) is 32.4 Å². The van der Waals surface area contributed by atoms with Crippen LogP contribution in [0.25, 0.3) is 0 Å². The maximum atomic E-state index is 5.17. The Kier molecular flexibility index (Phi) is 2.90. The van der Waals surface area contributed by atoms with Crippen LogP contribution in [0.4, 0.5) is 0 Å². The number of nitrogens with one attached hydrogen (secondary N) is 2. The molecule has 1 heterocycles. The zero-order valence-corrected chi connectivity index (χ0v) is 9.90. The molecule has 0 aromatic carbocycles. The molecule has 1 saturated carbocycles. The Balaban J connectivity index is 1.81. The summed E-state index contributed by atoms with van der Waals surface area (Å²) in [6.45, 7) is 2.81. The second kappa shape index (κ2) is 4.18. The molecule has 0 amide bonds. The number of rotatable bonds is 3. The molecule has 1 aromatic rings. The highest BCUT2D eigenvalue weighted by atomic mass is 32.1. The van der Waals surface area contributed by atoms with Crippen LogP contribution >= 0.6 is 12.2 Å². The third-order valence-electron chi connectivity index (χ3n) is 2.69. The first kappa shape index (κ1) is 10.4. The largest absolute Gasteiger partial charge is 0.360 e. The summed E-state index contributed by atoms with van der Waals surface area (Å²) in [5, 5.41) is 11.4. The van der Waals surface area contributed by atoms with Crippen molar-refractivity contribution in [3.05, 3.63) is 17.5 Å². The lowest BCUT2D eigenvalue weighted by molar-refractivity contribution is 0.735. The molecule has 1 aliphatic rings. The van der Waals surface area contributed by atoms with Gasteiger partial charge in [-0.2, -0.15) is 5.10 Å². The van der Waals surface area contributed by atoms with Gasteiger partial charge in [-0.1, -0.05) is 0 Å². The summed E-state index contributed by atoms with van der Waals surface area (Å²) in [5.74, 6) is 0. The highest BCUT2D eigenvalue weighted by molar-refractivity contribution is 7.80. The molecule has 0 unspecified atom stereocenters. The molecule has 0 atom stereocenters. The monoisotopic (exact) mass is 224 g/mol. The maximum Gasteiger partial charge on any atom is 0.166 e. The average Bonchev–Trinajstić information content (AvgIpc) is 2.95. The van der Waals surface area contributed by atoms with E-state index in [4.69, 9.17) is 12.2 Å². The molecule has 1 aromatic heterocycles. The molecule has 0 saturated heterocycles.